The van der Waals surface area contributed by atoms with Gasteiger partial charge in [-0.1, -0.05) is 0 Å². The predicted octanol–water partition coefficient (Wildman–Crippen LogP) is 1.30. The highest BCUT2D eigenvalue weighted by Gasteiger charge is 2.07. The monoisotopic (exact) mass is 199 g/mol. The Bertz CT molecular complexity index is 442. The van der Waals surface area contributed by atoms with E-state index >= 15 is 0 Å². The second kappa shape index (κ2) is 4.41. The minimum atomic E-state index is 0.00333. The second-order valence-corrected chi connectivity index (χ2v) is 3.06. The van der Waals surface area contributed by atoms with Gasteiger partial charge in [-0.3, -0.25) is 9.78 Å². The molecular formula is C11H9N3O. The quantitative estimate of drug-likeness (QED) is 0.699. The Kier molecular flexibility index (Phi) is 2.78. The molecule has 0 fully saturated rings. The summed E-state index contributed by atoms with van der Waals surface area (Å²) in [6.45, 7) is 0. The molecule has 0 N–H and O–H groups in total. The standard InChI is InChI=1S/C11H9N3O/c15-11(9-3-1-5-12-8-9)7-10-4-2-6-13-14-10/h1-6,8H,7H2. The fraction of sp³-hybridized carbons (Fsp3) is 0.0909. The van der Waals surface area contributed by atoms with Crippen LogP contribution in [0.15, 0.2) is 42.9 Å². The van der Waals surface area contributed by atoms with Crippen molar-refractivity contribution in [2.45, 2.75) is 6.42 Å². The van der Waals surface area contributed by atoms with E-state index in [2.05, 4.69) is 15.2 Å². The lowest BCUT2D eigenvalue weighted by molar-refractivity contribution is 0.0991. The SMILES string of the molecule is O=C(Cc1cccnn1)c1cccnc1. The molecule has 4 nitrogen and oxygen atoms in total. The van der Waals surface area contributed by atoms with Crippen molar-refractivity contribution in [3.8, 4) is 0 Å². The van der Waals surface area contributed by atoms with Gasteiger partial charge in [0.1, 0.15) is 0 Å². The van der Waals surface area contributed by atoms with E-state index in [1.54, 1.807) is 42.9 Å². The van der Waals surface area contributed by atoms with Gasteiger partial charge < -0.3 is 0 Å². The summed E-state index contributed by atoms with van der Waals surface area (Å²) in [6, 6.07) is 7.02. The normalized spacial score (nSPS) is 9.87. The molecule has 15 heavy (non-hydrogen) atoms. The maximum absolute atomic E-state index is 11.7. The van der Waals surface area contributed by atoms with Crippen molar-refractivity contribution in [1.82, 2.24) is 15.2 Å². The first kappa shape index (κ1) is 9.45. The molecule has 0 atom stereocenters. The second-order valence-electron chi connectivity index (χ2n) is 3.06. The van der Waals surface area contributed by atoms with E-state index in [1.165, 1.54) is 0 Å². The highest BCUT2D eigenvalue weighted by atomic mass is 16.1. The van der Waals surface area contributed by atoms with Gasteiger partial charge in [-0.2, -0.15) is 10.2 Å². The third-order valence-corrected chi connectivity index (χ3v) is 1.95. The largest absolute Gasteiger partial charge is 0.294 e. The van der Waals surface area contributed by atoms with Crippen molar-refractivity contribution in [3.05, 3.63) is 54.1 Å². The van der Waals surface area contributed by atoms with Gasteiger partial charge in [0.2, 0.25) is 0 Å². The van der Waals surface area contributed by atoms with Gasteiger partial charge in [0.15, 0.2) is 5.78 Å². The zero-order valence-electron chi connectivity index (χ0n) is 8.00. The first-order valence-electron chi connectivity index (χ1n) is 4.56. The average Bonchev–Trinajstić information content (AvgIpc) is 2.31. The maximum Gasteiger partial charge on any atom is 0.170 e. The number of Topliss-reactive ketones (excluding diaryl/α,β-unsaturated/α-hetero) is 1. The molecule has 4 heteroatoms. The number of hydrogen-bond donors (Lipinski definition) is 0. The van der Waals surface area contributed by atoms with E-state index in [9.17, 15) is 4.79 Å². The topological polar surface area (TPSA) is 55.7 Å². The van der Waals surface area contributed by atoms with Crippen LogP contribution in [-0.4, -0.2) is 21.0 Å². The zero-order chi connectivity index (χ0) is 10.5. The molecule has 2 heterocycles. The molecule has 0 aliphatic rings. The molecule has 2 rings (SSSR count). The smallest absolute Gasteiger partial charge is 0.170 e. The molecule has 74 valence electrons. The summed E-state index contributed by atoms with van der Waals surface area (Å²) < 4.78 is 0. The molecule has 2 aromatic heterocycles. The molecule has 0 bridgehead atoms. The number of nitrogens with zero attached hydrogens (tertiary/aromatic N) is 3. The van der Waals surface area contributed by atoms with E-state index in [0.29, 0.717) is 11.3 Å². The highest BCUT2D eigenvalue weighted by molar-refractivity contribution is 5.96. The van der Waals surface area contributed by atoms with Crippen molar-refractivity contribution < 1.29 is 4.79 Å². The Balaban J connectivity index is 2.12. The summed E-state index contributed by atoms with van der Waals surface area (Å²) in [6.07, 6.45) is 5.04. The van der Waals surface area contributed by atoms with Gasteiger partial charge in [0, 0.05) is 24.2 Å². The molecule has 0 spiro atoms. The average molecular weight is 199 g/mol. The number of rotatable bonds is 3. The van der Waals surface area contributed by atoms with Crippen molar-refractivity contribution in [2.75, 3.05) is 0 Å². The predicted molar refractivity (Wildman–Crippen MR) is 54.3 cm³/mol. The summed E-state index contributed by atoms with van der Waals surface area (Å²) in [5, 5.41) is 7.57. The van der Waals surface area contributed by atoms with Crippen LogP contribution in [0.2, 0.25) is 0 Å². The fourth-order valence-electron chi connectivity index (χ4n) is 1.22. The van der Waals surface area contributed by atoms with Crippen molar-refractivity contribution in [1.29, 1.82) is 0 Å². The highest BCUT2D eigenvalue weighted by Crippen LogP contribution is 2.02. The molecule has 0 amide bonds. The Morgan fingerprint density at radius 1 is 1.20 bits per heavy atom. The summed E-state index contributed by atoms with van der Waals surface area (Å²) >= 11 is 0. The first-order chi connectivity index (χ1) is 7.36. The number of pyridine rings is 1. The first-order valence-corrected chi connectivity index (χ1v) is 4.56. The lowest BCUT2D eigenvalue weighted by Gasteiger charge is -1.98. The Morgan fingerprint density at radius 3 is 2.73 bits per heavy atom. The zero-order valence-corrected chi connectivity index (χ0v) is 8.00. The van der Waals surface area contributed by atoms with Crippen LogP contribution >= 0.6 is 0 Å². The van der Waals surface area contributed by atoms with Crippen LogP contribution in [0, 0.1) is 0 Å². The lowest BCUT2D eigenvalue weighted by Crippen LogP contribution is -2.05. The molecular weight excluding hydrogens is 190 g/mol. The van der Waals surface area contributed by atoms with Crippen LogP contribution in [0.5, 0.6) is 0 Å². The van der Waals surface area contributed by atoms with Crippen molar-refractivity contribution in [2.24, 2.45) is 0 Å². The summed E-state index contributed by atoms with van der Waals surface area (Å²) in [5.74, 6) is 0.00333. The number of carbonyl (C=O) groups excluding carboxylic acids is 1. The van der Waals surface area contributed by atoms with Crippen LogP contribution < -0.4 is 0 Å². The van der Waals surface area contributed by atoms with Crippen LogP contribution in [-0.2, 0) is 6.42 Å². The van der Waals surface area contributed by atoms with E-state index in [0.717, 1.165) is 0 Å². The van der Waals surface area contributed by atoms with Gasteiger partial charge in [0.05, 0.1) is 12.1 Å². The van der Waals surface area contributed by atoms with E-state index < -0.39 is 0 Å². The van der Waals surface area contributed by atoms with Gasteiger partial charge in [-0.25, -0.2) is 0 Å². The summed E-state index contributed by atoms with van der Waals surface area (Å²) in [4.78, 5) is 15.6. The van der Waals surface area contributed by atoms with Gasteiger partial charge in [-0.15, -0.1) is 0 Å². The molecule has 0 aliphatic heterocycles. The molecule has 0 saturated carbocycles. The molecule has 0 saturated heterocycles. The van der Waals surface area contributed by atoms with E-state index in [-0.39, 0.29) is 12.2 Å². The van der Waals surface area contributed by atoms with Crippen LogP contribution in [0.25, 0.3) is 0 Å². The molecule has 0 radical (unpaired) electrons. The third-order valence-electron chi connectivity index (χ3n) is 1.95. The Morgan fingerprint density at radius 2 is 2.07 bits per heavy atom. The number of aromatic nitrogens is 3. The molecule has 0 aromatic carbocycles. The minimum absolute atomic E-state index is 0.00333. The van der Waals surface area contributed by atoms with Crippen LogP contribution in [0.1, 0.15) is 16.1 Å². The van der Waals surface area contributed by atoms with Gasteiger partial charge >= 0.3 is 0 Å². The number of hydrogen-bond acceptors (Lipinski definition) is 4. The summed E-state index contributed by atoms with van der Waals surface area (Å²) in [5.41, 5.74) is 1.27. The van der Waals surface area contributed by atoms with Crippen molar-refractivity contribution >= 4 is 5.78 Å². The molecule has 0 unspecified atom stereocenters. The Hall–Kier alpha value is -2.10. The maximum atomic E-state index is 11.7. The third kappa shape index (κ3) is 2.43. The molecule has 2 aromatic rings. The number of ketones is 1. The fourth-order valence-corrected chi connectivity index (χ4v) is 1.22. The minimum Gasteiger partial charge on any atom is -0.294 e. The van der Waals surface area contributed by atoms with Gasteiger partial charge in [-0.05, 0) is 24.3 Å². The summed E-state index contributed by atoms with van der Waals surface area (Å²) in [7, 11) is 0. The Labute approximate surface area is 87.0 Å². The number of carbonyl (C=O) groups is 1. The van der Waals surface area contributed by atoms with Crippen LogP contribution in [0.4, 0.5) is 0 Å². The van der Waals surface area contributed by atoms with Crippen LogP contribution in [0.3, 0.4) is 0 Å². The van der Waals surface area contributed by atoms with E-state index in [4.69, 9.17) is 0 Å². The lowest BCUT2D eigenvalue weighted by atomic mass is 10.1. The van der Waals surface area contributed by atoms with Gasteiger partial charge in [0.25, 0.3) is 0 Å². The molecule has 0 aliphatic carbocycles. The van der Waals surface area contributed by atoms with Crippen molar-refractivity contribution in [3.63, 3.8) is 0 Å². The van der Waals surface area contributed by atoms with E-state index in [1.807, 2.05) is 0 Å².